The summed E-state index contributed by atoms with van der Waals surface area (Å²) < 4.78 is 1.18. The first kappa shape index (κ1) is 6.81. The summed E-state index contributed by atoms with van der Waals surface area (Å²) in [5.41, 5.74) is 1.55. The lowest BCUT2D eigenvalue weighted by Gasteiger charge is -1.91. The van der Waals surface area contributed by atoms with Gasteiger partial charge in [-0.25, -0.2) is 0 Å². The Balaban J connectivity index is 2.58. The molecular formula is C6H8Br2. The summed E-state index contributed by atoms with van der Waals surface area (Å²) in [5.74, 6) is 0. The largest absolute Gasteiger partial charge is 0.0596 e. The molecule has 0 amide bonds. The Labute approximate surface area is 66.6 Å². The minimum absolute atomic E-state index is 1.18. The van der Waals surface area contributed by atoms with E-state index in [-0.39, 0.29) is 0 Å². The van der Waals surface area contributed by atoms with E-state index in [0.717, 1.165) is 0 Å². The van der Waals surface area contributed by atoms with Crippen molar-refractivity contribution < 1.29 is 0 Å². The zero-order valence-corrected chi connectivity index (χ0v) is 7.76. The molecule has 0 aromatic rings. The van der Waals surface area contributed by atoms with Gasteiger partial charge in [0.1, 0.15) is 0 Å². The van der Waals surface area contributed by atoms with Crippen molar-refractivity contribution in [1.82, 2.24) is 0 Å². The van der Waals surface area contributed by atoms with Gasteiger partial charge in [0.05, 0.1) is 3.39 Å². The lowest BCUT2D eigenvalue weighted by molar-refractivity contribution is 0.886. The molecule has 0 atom stereocenters. The van der Waals surface area contributed by atoms with E-state index in [1.54, 1.807) is 5.57 Å². The Hall–Kier alpha value is 0.700. The normalized spacial score (nSPS) is 19.5. The van der Waals surface area contributed by atoms with E-state index in [2.05, 4.69) is 31.9 Å². The summed E-state index contributed by atoms with van der Waals surface area (Å²) >= 11 is 6.79. The van der Waals surface area contributed by atoms with Gasteiger partial charge in [-0.15, -0.1) is 0 Å². The Morgan fingerprint density at radius 3 is 1.88 bits per heavy atom. The van der Waals surface area contributed by atoms with Crippen LogP contribution in [-0.4, -0.2) is 0 Å². The van der Waals surface area contributed by atoms with Crippen molar-refractivity contribution in [3.8, 4) is 0 Å². The van der Waals surface area contributed by atoms with Crippen LogP contribution in [0.1, 0.15) is 25.7 Å². The molecule has 0 aromatic carbocycles. The van der Waals surface area contributed by atoms with E-state index in [4.69, 9.17) is 0 Å². The fourth-order valence-electron chi connectivity index (χ4n) is 0.991. The Kier molecular flexibility index (Phi) is 2.57. The van der Waals surface area contributed by atoms with Crippen LogP contribution in [0.15, 0.2) is 8.96 Å². The molecule has 1 rings (SSSR count). The molecule has 1 aliphatic carbocycles. The van der Waals surface area contributed by atoms with Gasteiger partial charge in [-0.2, -0.15) is 0 Å². The zero-order chi connectivity index (χ0) is 5.98. The fraction of sp³-hybridized carbons (Fsp3) is 0.667. The fourth-order valence-corrected chi connectivity index (χ4v) is 1.78. The van der Waals surface area contributed by atoms with Crippen LogP contribution in [0.4, 0.5) is 0 Å². The number of allylic oxidation sites excluding steroid dienone is 1. The smallest absolute Gasteiger partial charge is 0.0492 e. The highest BCUT2D eigenvalue weighted by atomic mass is 79.9. The van der Waals surface area contributed by atoms with E-state index >= 15 is 0 Å². The summed E-state index contributed by atoms with van der Waals surface area (Å²) in [4.78, 5) is 0. The van der Waals surface area contributed by atoms with Crippen LogP contribution in [0.25, 0.3) is 0 Å². The first-order valence-corrected chi connectivity index (χ1v) is 4.42. The maximum absolute atomic E-state index is 3.40. The number of halogens is 2. The van der Waals surface area contributed by atoms with Crippen molar-refractivity contribution in [2.75, 3.05) is 0 Å². The summed E-state index contributed by atoms with van der Waals surface area (Å²) in [6.07, 6.45) is 5.31. The van der Waals surface area contributed by atoms with Crippen LogP contribution in [0, 0.1) is 0 Å². The number of hydrogen-bond donors (Lipinski definition) is 0. The Morgan fingerprint density at radius 2 is 1.62 bits per heavy atom. The van der Waals surface area contributed by atoms with E-state index < -0.39 is 0 Å². The molecule has 0 unspecified atom stereocenters. The van der Waals surface area contributed by atoms with Gasteiger partial charge in [0.2, 0.25) is 0 Å². The standard InChI is InChI=1S/C6H8Br2/c7-6(8)5-3-1-2-4-5/h1-4H2. The molecule has 0 spiro atoms. The van der Waals surface area contributed by atoms with Gasteiger partial charge in [-0.3, -0.25) is 0 Å². The molecule has 1 aliphatic rings. The maximum atomic E-state index is 3.40. The van der Waals surface area contributed by atoms with E-state index in [1.165, 1.54) is 29.1 Å². The summed E-state index contributed by atoms with van der Waals surface area (Å²) in [7, 11) is 0. The lowest BCUT2D eigenvalue weighted by atomic mass is 10.3. The maximum Gasteiger partial charge on any atom is 0.0596 e. The molecule has 0 aromatic heterocycles. The molecule has 1 fully saturated rings. The Morgan fingerprint density at radius 1 is 1.12 bits per heavy atom. The number of hydrogen-bond acceptors (Lipinski definition) is 0. The lowest BCUT2D eigenvalue weighted by Crippen LogP contribution is -1.68. The summed E-state index contributed by atoms with van der Waals surface area (Å²) in [6.45, 7) is 0. The second-order valence-corrected chi connectivity index (χ2v) is 4.72. The van der Waals surface area contributed by atoms with Crippen LogP contribution in [-0.2, 0) is 0 Å². The molecule has 0 nitrogen and oxygen atoms in total. The third-order valence-electron chi connectivity index (χ3n) is 1.47. The molecule has 0 radical (unpaired) electrons. The second-order valence-electron chi connectivity index (χ2n) is 2.07. The van der Waals surface area contributed by atoms with E-state index in [9.17, 15) is 0 Å². The van der Waals surface area contributed by atoms with Crippen LogP contribution >= 0.6 is 31.9 Å². The summed E-state index contributed by atoms with van der Waals surface area (Å²) in [5, 5.41) is 0. The van der Waals surface area contributed by atoms with Crippen LogP contribution in [0.5, 0.6) is 0 Å². The van der Waals surface area contributed by atoms with Crippen molar-refractivity contribution in [2.45, 2.75) is 25.7 Å². The quantitative estimate of drug-likeness (QED) is 0.607. The monoisotopic (exact) mass is 238 g/mol. The SMILES string of the molecule is BrC(Br)=C1CCCC1. The average Bonchev–Trinajstić information content (AvgIpc) is 2.12. The van der Waals surface area contributed by atoms with Crippen molar-refractivity contribution >= 4 is 31.9 Å². The van der Waals surface area contributed by atoms with Gasteiger partial charge in [-0.1, -0.05) is 0 Å². The summed E-state index contributed by atoms with van der Waals surface area (Å²) in [6, 6.07) is 0. The molecule has 0 bridgehead atoms. The van der Waals surface area contributed by atoms with Gasteiger partial charge >= 0.3 is 0 Å². The minimum Gasteiger partial charge on any atom is -0.0492 e. The van der Waals surface area contributed by atoms with Crippen molar-refractivity contribution in [3.05, 3.63) is 8.96 Å². The van der Waals surface area contributed by atoms with Gasteiger partial charge < -0.3 is 0 Å². The molecule has 0 N–H and O–H groups in total. The van der Waals surface area contributed by atoms with Crippen LogP contribution < -0.4 is 0 Å². The van der Waals surface area contributed by atoms with E-state index in [0.29, 0.717) is 0 Å². The van der Waals surface area contributed by atoms with Gasteiger partial charge in [0.25, 0.3) is 0 Å². The molecule has 2 heteroatoms. The highest BCUT2D eigenvalue weighted by Gasteiger charge is 2.08. The molecule has 8 heavy (non-hydrogen) atoms. The first-order valence-electron chi connectivity index (χ1n) is 2.84. The highest BCUT2D eigenvalue weighted by molar-refractivity contribution is 9.28. The predicted molar refractivity (Wildman–Crippen MR) is 43.3 cm³/mol. The van der Waals surface area contributed by atoms with Crippen molar-refractivity contribution in [1.29, 1.82) is 0 Å². The molecule has 0 aliphatic heterocycles. The molecule has 0 heterocycles. The molecule has 0 saturated heterocycles. The molecule has 1 saturated carbocycles. The highest BCUT2D eigenvalue weighted by Crippen LogP contribution is 2.32. The van der Waals surface area contributed by atoms with Crippen LogP contribution in [0.3, 0.4) is 0 Å². The van der Waals surface area contributed by atoms with Crippen molar-refractivity contribution in [3.63, 3.8) is 0 Å². The van der Waals surface area contributed by atoms with Gasteiger partial charge in [-0.05, 0) is 63.1 Å². The second kappa shape index (κ2) is 3.02. The molecular weight excluding hydrogens is 232 g/mol. The van der Waals surface area contributed by atoms with Crippen LogP contribution in [0.2, 0.25) is 0 Å². The minimum atomic E-state index is 1.18. The van der Waals surface area contributed by atoms with E-state index in [1.807, 2.05) is 0 Å². The predicted octanol–water partition coefficient (Wildman–Crippen LogP) is 3.56. The third kappa shape index (κ3) is 1.59. The number of rotatable bonds is 0. The zero-order valence-electron chi connectivity index (χ0n) is 4.58. The Bertz CT molecular complexity index is 104. The third-order valence-corrected chi connectivity index (χ3v) is 2.60. The molecule has 46 valence electrons. The topological polar surface area (TPSA) is 0 Å². The average molecular weight is 240 g/mol. The first-order chi connectivity index (χ1) is 3.80. The van der Waals surface area contributed by atoms with Gasteiger partial charge in [0, 0.05) is 0 Å². The van der Waals surface area contributed by atoms with Crippen molar-refractivity contribution in [2.24, 2.45) is 0 Å². The van der Waals surface area contributed by atoms with Gasteiger partial charge in [0.15, 0.2) is 0 Å².